The molecule has 2 heteroatoms. The molecule has 2 aliphatic rings. The smallest absolute Gasteiger partial charge is 0.0166 e. The van der Waals surface area contributed by atoms with E-state index >= 15 is 0 Å². The summed E-state index contributed by atoms with van der Waals surface area (Å²) in [4.78, 5) is 2.62. The molecule has 1 saturated carbocycles. The Morgan fingerprint density at radius 1 is 1.25 bits per heavy atom. The number of likely N-dealkylation sites (tertiary alicyclic amines) is 1. The Labute approximate surface area is 101 Å². The second-order valence-corrected chi connectivity index (χ2v) is 6.56. The van der Waals surface area contributed by atoms with Gasteiger partial charge in [0.25, 0.3) is 0 Å². The van der Waals surface area contributed by atoms with E-state index in [1.807, 2.05) is 0 Å². The van der Waals surface area contributed by atoms with Crippen molar-refractivity contribution in [2.45, 2.75) is 52.5 Å². The number of nitrogens with zero attached hydrogens (tertiary/aromatic N) is 1. The fraction of sp³-hybridized carbons (Fsp3) is 1.00. The van der Waals surface area contributed by atoms with E-state index in [1.165, 1.54) is 51.9 Å². The van der Waals surface area contributed by atoms with Gasteiger partial charge in [0.05, 0.1) is 0 Å². The van der Waals surface area contributed by atoms with Crippen molar-refractivity contribution in [2.75, 3.05) is 26.2 Å². The first-order valence-electron chi connectivity index (χ1n) is 7.04. The maximum absolute atomic E-state index is 3.71. The predicted molar refractivity (Wildman–Crippen MR) is 69.6 cm³/mol. The first kappa shape index (κ1) is 12.4. The Kier molecular flexibility index (Phi) is 3.91. The highest BCUT2D eigenvalue weighted by Crippen LogP contribution is 2.50. The number of rotatable bonds is 5. The van der Waals surface area contributed by atoms with E-state index in [9.17, 15) is 0 Å². The zero-order valence-electron chi connectivity index (χ0n) is 11.3. The van der Waals surface area contributed by atoms with E-state index in [0.717, 1.165) is 5.92 Å². The summed E-state index contributed by atoms with van der Waals surface area (Å²) in [5.74, 6) is 0.927. The molecule has 2 fully saturated rings. The monoisotopic (exact) mass is 224 g/mol. The van der Waals surface area contributed by atoms with Crippen LogP contribution in [-0.4, -0.2) is 37.1 Å². The zero-order valence-corrected chi connectivity index (χ0v) is 11.3. The van der Waals surface area contributed by atoms with Gasteiger partial charge in [0.1, 0.15) is 0 Å². The van der Waals surface area contributed by atoms with E-state index in [4.69, 9.17) is 0 Å². The van der Waals surface area contributed by atoms with Crippen LogP contribution in [0.5, 0.6) is 0 Å². The quantitative estimate of drug-likeness (QED) is 0.772. The normalized spacial score (nSPS) is 31.3. The summed E-state index contributed by atoms with van der Waals surface area (Å²) in [6.07, 6.45) is 5.66. The van der Waals surface area contributed by atoms with Gasteiger partial charge in [-0.05, 0) is 57.2 Å². The van der Waals surface area contributed by atoms with Crippen molar-refractivity contribution in [3.05, 3.63) is 0 Å². The summed E-state index contributed by atoms with van der Waals surface area (Å²) >= 11 is 0. The predicted octanol–water partition coefficient (Wildman–Crippen LogP) is 2.50. The fourth-order valence-electron chi connectivity index (χ4n) is 2.86. The largest absolute Gasteiger partial charge is 0.313 e. The van der Waals surface area contributed by atoms with E-state index in [-0.39, 0.29) is 0 Å². The van der Waals surface area contributed by atoms with Crippen LogP contribution in [-0.2, 0) is 0 Å². The van der Waals surface area contributed by atoms with Gasteiger partial charge in [-0.25, -0.2) is 0 Å². The molecule has 1 N–H and O–H groups in total. The van der Waals surface area contributed by atoms with Crippen molar-refractivity contribution in [2.24, 2.45) is 11.3 Å². The third-order valence-electron chi connectivity index (χ3n) is 4.41. The van der Waals surface area contributed by atoms with Crippen molar-refractivity contribution >= 4 is 0 Å². The highest BCUT2D eigenvalue weighted by Gasteiger charge is 2.44. The van der Waals surface area contributed by atoms with Crippen LogP contribution in [0, 0.1) is 11.3 Å². The van der Waals surface area contributed by atoms with Gasteiger partial charge >= 0.3 is 0 Å². The summed E-state index contributed by atoms with van der Waals surface area (Å²) in [6, 6.07) is 0.662. The third-order valence-corrected chi connectivity index (χ3v) is 4.41. The molecule has 1 saturated heterocycles. The molecule has 94 valence electrons. The number of piperidine rings is 1. The lowest BCUT2D eigenvalue weighted by Gasteiger charge is -2.29. The Hall–Kier alpha value is -0.0800. The Bertz CT molecular complexity index is 219. The highest BCUT2D eigenvalue weighted by molar-refractivity contribution is 4.96. The van der Waals surface area contributed by atoms with Gasteiger partial charge in [0.2, 0.25) is 0 Å². The van der Waals surface area contributed by atoms with Crippen LogP contribution >= 0.6 is 0 Å². The minimum atomic E-state index is 0.623. The molecule has 0 aromatic heterocycles. The van der Waals surface area contributed by atoms with Crippen LogP contribution < -0.4 is 5.32 Å². The van der Waals surface area contributed by atoms with Crippen molar-refractivity contribution in [3.63, 3.8) is 0 Å². The molecule has 2 nitrogen and oxygen atoms in total. The topological polar surface area (TPSA) is 15.3 Å². The molecule has 0 aromatic carbocycles. The molecule has 2 unspecified atom stereocenters. The Morgan fingerprint density at radius 3 is 2.44 bits per heavy atom. The SMILES string of the molecule is CC(CN1CCCCC1)NCC1CC1(C)C. The van der Waals surface area contributed by atoms with Gasteiger partial charge in [-0.1, -0.05) is 20.3 Å². The summed E-state index contributed by atoms with van der Waals surface area (Å²) in [7, 11) is 0. The summed E-state index contributed by atoms with van der Waals surface area (Å²) in [5, 5.41) is 3.71. The number of hydrogen-bond donors (Lipinski definition) is 1. The van der Waals surface area contributed by atoms with Crippen molar-refractivity contribution < 1.29 is 0 Å². The van der Waals surface area contributed by atoms with Crippen LogP contribution in [0.25, 0.3) is 0 Å². The zero-order chi connectivity index (χ0) is 11.6. The summed E-state index contributed by atoms with van der Waals surface area (Å²) in [5.41, 5.74) is 0.623. The average Bonchev–Trinajstić information content (AvgIpc) is 2.85. The van der Waals surface area contributed by atoms with Crippen LogP contribution in [0.15, 0.2) is 0 Å². The molecule has 16 heavy (non-hydrogen) atoms. The van der Waals surface area contributed by atoms with Crippen LogP contribution in [0.1, 0.15) is 46.5 Å². The Morgan fingerprint density at radius 2 is 1.88 bits per heavy atom. The van der Waals surface area contributed by atoms with Gasteiger partial charge < -0.3 is 10.2 Å². The third kappa shape index (κ3) is 3.46. The van der Waals surface area contributed by atoms with E-state index in [2.05, 4.69) is 31.0 Å². The number of nitrogens with one attached hydrogen (secondary N) is 1. The van der Waals surface area contributed by atoms with Crippen LogP contribution in [0.4, 0.5) is 0 Å². The second-order valence-electron chi connectivity index (χ2n) is 6.56. The molecule has 2 rings (SSSR count). The van der Waals surface area contributed by atoms with Gasteiger partial charge in [-0.3, -0.25) is 0 Å². The first-order chi connectivity index (χ1) is 7.58. The van der Waals surface area contributed by atoms with Crippen LogP contribution in [0.2, 0.25) is 0 Å². The summed E-state index contributed by atoms with van der Waals surface area (Å²) < 4.78 is 0. The lowest BCUT2D eigenvalue weighted by atomic mass is 10.1. The molecule has 0 bridgehead atoms. The average molecular weight is 224 g/mol. The molecule has 0 radical (unpaired) electrons. The molecule has 0 aromatic rings. The molecule has 2 atom stereocenters. The van der Waals surface area contributed by atoms with E-state index in [1.54, 1.807) is 0 Å². The van der Waals surface area contributed by atoms with Crippen molar-refractivity contribution in [1.29, 1.82) is 0 Å². The van der Waals surface area contributed by atoms with Gasteiger partial charge in [0.15, 0.2) is 0 Å². The summed E-state index contributed by atoms with van der Waals surface area (Å²) in [6.45, 7) is 12.2. The standard InChI is InChI=1S/C14H28N2/c1-12(11-16-7-5-4-6-8-16)15-10-13-9-14(13,2)3/h12-13,15H,4-11H2,1-3H3. The van der Waals surface area contributed by atoms with E-state index in [0.29, 0.717) is 11.5 Å². The fourth-order valence-corrected chi connectivity index (χ4v) is 2.86. The van der Waals surface area contributed by atoms with Crippen molar-refractivity contribution in [3.8, 4) is 0 Å². The lowest BCUT2D eigenvalue weighted by Crippen LogP contribution is -2.42. The minimum Gasteiger partial charge on any atom is -0.313 e. The highest BCUT2D eigenvalue weighted by atomic mass is 15.1. The molecule has 1 heterocycles. The van der Waals surface area contributed by atoms with E-state index < -0.39 is 0 Å². The van der Waals surface area contributed by atoms with Gasteiger partial charge in [0, 0.05) is 12.6 Å². The molecule has 1 aliphatic carbocycles. The van der Waals surface area contributed by atoms with Gasteiger partial charge in [-0.2, -0.15) is 0 Å². The second kappa shape index (κ2) is 5.05. The van der Waals surface area contributed by atoms with Crippen LogP contribution in [0.3, 0.4) is 0 Å². The molecular formula is C14H28N2. The minimum absolute atomic E-state index is 0.623. The Balaban J connectivity index is 1.59. The molecular weight excluding hydrogens is 196 g/mol. The molecule has 1 aliphatic heterocycles. The maximum Gasteiger partial charge on any atom is 0.0166 e. The first-order valence-corrected chi connectivity index (χ1v) is 7.04. The lowest BCUT2D eigenvalue weighted by molar-refractivity contribution is 0.208. The number of hydrogen-bond acceptors (Lipinski definition) is 2. The molecule has 0 amide bonds. The maximum atomic E-state index is 3.71. The van der Waals surface area contributed by atoms with Gasteiger partial charge in [-0.15, -0.1) is 0 Å². The molecule has 0 spiro atoms. The van der Waals surface area contributed by atoms with Crippen molar-refractivity contribution in [1.82, 2.24) is 10.2 Å².